The van der Waals surface area contributed by atoms with Gasteiger partial charge in [-0.2, -0.15) is 0 Å². The second-order valence-electron chi connectivity index (χ2n) is 7.00. The minimum Gasteiger partial charge on any atom is -0.314 e. The summed E-state index contributed by atoms with van der Waals surface area (Å²) in [6.07, 6.45) is -2.33. The summed E-state index contributed by atoms with van der Waals surface area (Å²) in [5, 5.41) is 3.37. The standard InChI is InChI=1S/C20H20F2N2/c21-18-13-3-1-2-4-14(13)20(24-9-7-23-8-10-24)15-6-5-12-11-16(12)17(15)19(18)22/h1-6,18-20,23H,7-11H2. The highest BCUT2D eigenvalue weighted by Gasteiger charge is 2.42. The van der Waals surface area contributed by atoms with Gasteiger partial charge in [-0.15, -0.1) is 0 Å². The van der Waals surface area contributed by atoms with Gasteiger partial charge >= 0.3 is 0 Å². The zero-order chi connectivity index (χ0) is 16.3. The summed E-state index contributed by atoms with van der Waals surface area (Å²) in [4.78, 5) is 2.37. The molecule has 1 saturated heterocycles. The van der Waals surface area contributed by atoms with Crippen LogP contribution >= 0.6 is 0 Å². The lowest BCUT2D eigenvalue weighted by molar-refractivity contribution is 0.171. The van der Waals surface area contributed by atoms with Crippen LogP contribution in [-0.4, -0.2) is 31.1 Å². The number of fused-ring (bicyclic) bond motifs is 4. The first-order chi connectivity index (χ1) is 11.8. The number of nitrogens with one attached hydrogen (secondary N) is 1. The van der Waals surface area contributed by atoms with Gasteiger partial charge in [0.15, 0.2) is 12.3 Å². The first-order valence-electron chi connectivity index (χ1n) is 8.72. The van der Waals surface area contributed by atoms with Crippen molar-refractivity contribution in [2.24, 2.45) is 0 Å². The van der Waals surface area contributed by atoms with E-state index in [-0.39, 0.29) is 6.04 Å². The number of halogens is 2. The number of rotatable bonds is 1. The lowest BCUT2D eigenvalue weighted by Crippen LogP contribution is -2.45. The van der Waals surface area contributed by atoms with E-state index in [1.54, 1.807) is 6.07 Å². The van der Waals surface area contributed by atoms with Crippen LogP contribution in [0.2, 0.25) is 0 Å². The van der Waals surface area contributed by atoms with Crippen molar-refractivity contribution in [1.82, 2.24) is 10.2 Å². The average molecular weight is 326 g/mol. The monoisotopic (exact) mass is 326 g/mol. The van der Waals surface area contributed by atoms with E-state index in [2.05, 4.69) is 16.3 Å². The zero-order valence-corrected chi connectivity index (χ0v) is 13.4. The highest BCUT2D eigenvalue weighted by atomic mass is 19.2. The van der Waals surface area contributed by atoms with Gasteiger partial charge in [-0.25, -0.2) is 8.78 Å². The molecule has 5 rings (SSSR count). The minimum atomic E-state index is -1.58. The smallest absolute Gasteiger partial charge is 0.161 e. The molecule has 3 unspecified atom stereocenters. The Morgan fingerprint density at radius 1 is 0.875 bits per heavy atom. The van der Waals surface area contributed by atoms with E-state index >= 15 is 8.78 Å². The highest BCUT2D eigenvalue weighted by molar-refractivity contribution is 5.59. The molecule has 0 saturated carbocycles. The van der Waals surface area contributed by atoms with E-state index in [0.717, 1.165) is 49.3 Å². The summed E-state index contributed by atoms with van der Waals surface area (Å²) < 4.78 is 30.2. The van der Waals surface area contributed by atoms with Gasteiger partial charge in [-0.1, -0.05) is 36.4 Å². The van der Waals surface area contributed by atoms with Crippen LogP contribution in [0, 0.1) is 0 Å². The molecule has 1 N–H and O–H groups in total. The normalized spacial score (nSPS) is 28.5. The van der Waals surface area contributed by atoms with Crippen molar-refractivity contribution < 1.29 is 8.78 Å². The van der Waals surface area contributed by atoms with E-state index in [4.69, 9.17) is 0 Å². The summed E-state index contributed by atoms with van der Waals surface area (Å²) in [6, 6.07) is 11.6. The SMILES string of the molecule is FC1c2ccccc2C(N2CCNCC2)c2ccc3c(c2C1F)C3. The highest BCUT2D eigenvalue weighted by Crippen LogP contribution is 2.52. The van der Waals surface area contributed by atoms with Gasteiger partial charge in [-0.3, -0.25) is 4.90 Å². The Hall–Kier alpha value is -1.78. The molecule has 0 amide bonds. The molecule has 1 fully saturated rings. The van der Waals surface area contributed by atoms with Crippen molar-refractivity contribution >= 4 is 0 Å². The molecule has 2 aromatic rings. The summed E-state index contributed by atoms with van der Waals surface area (Å²) in [5.74, 6) is 0. The molecule has 2 nitrogen and oxygen atoms in total. The van der Waals surface area contributed by atoms with Crippen LogP contribution in [0.3, 0.4) is 0 Å². The molecule has 0 radical (unpaired) electrons. The summed E-state index contributed by atoms with van der Waals surface area (Å²) >= 11 is 0. The number of hydrogen-bond acceptors (Lipinski definition) is 2. The molecule has 1 aliphatic heterocycles. The minimum absolute atomic E-state index is 0.0526. The molecule has 2 aliphatic carbocycles. The molecule has 4 heteroatoms. The Bertz CT molecular complexity index is 798. The Labute approximate surface area is 140 Å². The van der Waals surface area contributed by atoms with E-state index in [1.807, 2.05) is 24.3 Å². The predicted molar refractivity (Wildman–Crippen MR) is 89.7 cm³/mol. The Kier molecular flexibility index (Phi) is 3.25. The largest absolute Gasteiger partial charge is 0.314 e. The quantitative estimate of drug-likeness (QED) is 0.735. The fourth-order valence-corrected chi connectivity index (χ4v) is 4.41. The number of alkyl halides is 2. The molecule has 0 spiro atoms. The van der Waals surface area contributed by atoms with E-state index < -0.39 is 12.3 Å². The third-order valence-corrected chi connectivity index (χ3v) is 5.66. The van der Waals surface area contributed by atoms with Crippen LogP contribution in [0.1, 0.15) is 51.8 Å². The molecule has 0 aromatic heterocycles. The molecule has 1 heterocycles. The Morgan fingerprint density at radius 3 is 2.42 bits per heavy atom. The maximum absolute atomic E-state index is 15.1. The van der Waals surface area contributed by atoms with Crippen molar-refractivity contribution in [3.63, 3.8) is 0 Å². The Balaban J connectivity index is 1.74. The van der Waals surface area contributed by atoms with Gasteiger partial charge in [0.2, 0.25) is 0 Å². The fourth-order valence-electron chi connectivity index (χ4n) is 4.41. The zero-order valence-electron chi connectivity index (χ0n) is 13.4. The molecular formula is C20H20F2N2. The molecule has 0 bridgehead atoms. The first-order valence-corrected chi connectivity index (χ1v) is 8.72. The number of hydrogen-bond donors (Lipinski definition) is 1. The van der Waals surface area contributed by atoms with Crippen molar-refractivity contribution in [2.45, 2.75) is 24.8 Å². The fraction of sp³-hybridized carbons (Fsp3) is 0.400. The van der Waals surface area contributed by atoms with Gasteiger partial charge in [0.1, 0.15) is 0 Å². The predicted octanol–water partition coefficient (Wildman–Crippen LogP) is 3.62. The van der Waals surface area contributed by atoms with E-state index in [1.165, 1.54) is 5.56 Å². The molecule has 3 atom stereocenters. The summed E-state index contributed by atoms with van der Waals surface area (Å²) in [6.45, 7) is 3.61. The maximum atomic E-state index is 15.1. The van der Waals surface area contributed by atoms with E-state index in [0.29, 0.717) is 11.1 Å². The molecule has 24 heavy (non-hydrogen) atoms. The van der Waals surface area contributed by atoms with Gasteiger partial charge in [-0.05, 0) is 39.8 Å². The van der Waals surface area contributed by atoms with Crippen molar-refractivity contribution in [1.29, 1.82) is 0 Å². The van der Waals surface area contributed by atoms with Gasteiger partial charge in [0, 0.05) is 26.2 Å². The third kappa shape index (κ3) is 2.06. The van der Waals surface area contributed by atoms with Crippen LogP contribution in [0.15, 0.2) is 36.4 Å². The second-order valence-corrected chi connectivity index (χ2v) is 7.00. The average Bonchev–Trinajstić information content (AvgIpc) is 3.42. The maximum Gasteiger partial charge on any atom is 0.161 e. The summed E-state index contributed by atoms with van der Waals surface area (Å²) in [5.41, 5.74) is 5.24. The van der Waals surface area contributed by atoms with Crippen LogP contribution in [-0.2, 0) is 6.42 Å². The van der Waals surface area contributed by atoms with Crippen LogP contribution in [0.25, 0.3) is 0 Å². The molecular weight excluding hydrogens is 306 g/mol. The third-order valence-electron chi connectivity index (χ3n) is 5.66. The molecule has 124 valence electrons. The van der Waals surface area contributed by atoms with Crippen LogP contribution < -0.4 is 5.32 Å². The molecule has 3 aliphatic rings. The van der Waals surface area contributed by atoms with Crippen LogP contribution in [0.5, 0.6) is 0 Å². The number of benzene rings is 2. The lowest BCUT2D eigenvalue weighted by atomic mass is 9.92. The molecule has 2 aromatic carbocycles. The number of piperazine rings is 1. The van der Waals surface area contributed by atoms with Gasteiger partial charge in [0.25, 0.3) is 0 Å². The van der Waals surface area contributed by atoms with E-state index in [9.17, 15) is 0 Å². The van der Waals surface area contributed by atoms with Crippen molar-refractivity contribution in [2.75, 3.05) is 26.2 Å². The van der Waals surface area contributed by atoms with Gasteiger partial charge < -0.3 is 5.32 Å². The second kappa shape index (κ2) is 5.36. The van der Waals surface area contributed by atoms with Crippen LogP contribution in [0.4, 0.5) is 8.78 Å². The topological polar surface area (TPSA) is 15.3 Å². The number of nitrogens with zero attached hydrogens (tertiary/aromatic N) is 1. The Morgan fingerprint density at radius 2 is 1.62 bits per heavy atom. The summed E-state index contributed by atoms with van der Waals surface area (Å²) in [7, 11) is 0. The lowest BCUT2D eigenvalue weighted by Gasteiger charge is -2.36. The van der Waals surface area contributed by atoms with Gasteiger partial charge in [0.05, 0.1) is 6.04 Å². The first kappa shape index (κ1) is 14.6. The van der Waals surface area contributed by atoms with Crippen molar-refractivity contribution in [3.8, 4) is 0 Å². The van der Waals surface area contributed by atoms with Crippen molar-refractivity contribution in [3.05, 3.63) is 69.8 Å².